The molecule has 0 aromatic carbocycles. The van der Waals surface area contributed by atoms with Crippen molar-refractivity contribution in [1.82, 2.24) is 19.9 Å². The molecule has 0 saturated heterocycles. The molecule has 2 heterocycles. The first-order valence-corrected chi connectivity index (χ1v) is 7.34. The van der Waals surface area contributed by atoms with Crippen molar-refractivity contribution in [3.05, 3.63) is 24.0 Å². The second-order valence-corrected chi connectivity index (χ2v) is 4.74. The molecule has 0 atom stereocenters. The number of hydrogen-bond donors (Lipinski definition) is 1. The number of aryl methyl sites for hydroxylation is 1. The largest absolute Gasteiger partial charge is 0.354 e. The molecule has 0 saturated carbocycles. The topological polar surface area (TPSA) is 66.8 Å². The lowest BCUT2D eigenvalue weighted by atomic mass is 10.2. The summed E-state index contributed by atoms with van der Waals surface area (Å²) in [4.78, 5) is 19.9. The van der Waals surface area contributed by atoms with E-state index >= 15 is 0 Å². The minimum atomic E-state index is 0.603. The summed E-state index contributed by atoms with van der Waals surface area (Å²) in [6, 6.07) is 2.03. The maximum Gasteiger partial charge on any atom is 0.230 e. The Kier molecular flexibility index (Phi) is 5.03. The molecule has 2 aromatic rings. The lowest BCUT2D eigenvalue weighted by Gasteiger charge is -2.19. The van der Waals surface area contributed by atoms with Crippen molar-refractivity contribution in [2.45, 2.75) is 27.7 Å². The third-order valence-electron chi connectivity index (χ3n) is 3.14. The highest BCUT2D eigenvalue weighted by molar-refractivity contribution is 5.58. The number of pyridine rings is 1. The van der Waals surface area contributed by atoms with E-state index in [9.17, 15) is 0 Å². The Hall–Kier alpha value is -2.24. The quantitative estimate of drug-likeness (QED) is 0.880. The summed E-state index contributed by atoms with van der Waals surface area (Å²) in [5, 5.41) is 3.17. The normalized spacial score (nSPS) is 10.5. The summed E-state index contributed by atoms with van der Waals surface area (Å²) < 4.78 is 0. The van der Waals surface area contributed by atoms with Gasteiger partial charge in [0.05, 0.1) is 0 Å². The van der Waals surface area contributed by atoms with Gasteiger partial charge in [0.1, 0.15) is 0 Å². The first-order chi connectivity index (χ1) is 10.2. The van der Waals surface area contributed by atoms with Gasteiger partial charge in [-0.15, -0.1) is 0 Å². The smallest absolute Gasteiger partial charge is 0.230 e. The number of anilines is 2. The molecule has 0 aliphatic carbocycles. The van der Waals surface area contributed by atoms with Crippen LogP contribution in [0.2, 0.25) is 0 Å². The maximum atomic E-state index is 4.59. The summed E-state index contributed by atoms with van der Waals surface area (Å²) in [5.41, 5.74) is 1.99. The fourth-order valence-electron chi connectivity index (χ4n) is 2.06. The standard InChI is InChI=1S/C15H22N6/c1-5-17-14-18-13(12-8-11(4)9-16-10-12)19-15(20-14)21(6-2)7-3/h8-10H,5-7H2,1-4H3,(H,17,18,19,20). The molecule has 0 bridgehead atoms. The molecule has 0 aliphatic rings. The molecule has 1 N–H and O–H groups in total. The van der Waals surface area contributed by atoms with Crippen molar-refractivity contribution in [2.24, 2.45) is 0 Å². The van der Waals surface area contributed by atoms with Crippen molar-refractivity contribution in [3.63, 3.8) is 0 Å². The van der Waals surface area contributed by atoms with E-state index < -0.39 is 0 Å². The van der Waals surface area contributed by atoms with Gasteiger partial charge in [0.25, 0.3) is 0 Å². The van der Waals surface area contributed by atoms with Crippen LogP contribution in [0.25, 0.3) is 11.4 Å². The number of rotatable bonds is 6. The molecule has 0 amide bonds. The molecular formula is C15H22N6. The summed E-state index contributed by atoms with van der Waals surface area (Å²) in [5.74, 6) is 1.95. The molecule has 0 fully saturated rings. The molecule has 6 nitrogen and oxygen atoms in total. The zero-order chi connectivity index (χ0) is 15.2. The van der Waals surface area contributed by atoms with Crippen LogP contribution < -0.4 is 10.2 Å². The van der Waals surface area contributed by atoms with Gasteiger partial charge in [0, 0.05) is 37.6 Å². The molecule has 0 radical (unpaired) electrons. The Balaban J connectivity index is 2.49. The second-order valence-electron chi connectivity index (χ2n) is 4.74. The molecule has 112 valence electrons. The third kappa shape index (κ3) is 3.65. The zero-order valence-corrected chi connectivity index (χ0v) is 13.1. The first-order valence-electron chi connectivity index (χ1n) is 7.34. The SMILES string of the molecule is CCNc1nc(-c2cncc(C)c2)nc(N(CC)CC)n1. The maximum absolute atomic E-state index is 4.59. The van der Waals surface area contributed by atoms with Gasteiger partial charge < -0.3 is 10.2 Å². The van der Waals surface area contributed by atoms with Gasteiger partial charge in [-0.2, -0.15) is 15.0 Å². The summed E-state index contributed by atoms with van der Waals surface area (Å²) >= 11 is 0. The summed E-state index contributed by atoms with van der Waals surface area (Å²) in [6.45, 7) is 10.7. The molecule has 2 rings (SSSR count). The Morgan fingerprint density at radius 3 is 2.43 bits per heavy atom. The van der Waals surface area contributed by atoms with Gasteiger partial charge in [-0.3, -0.25) is 4.98 Å². The minimum Gasteiger partial charge on any atom is -0.354 e. The molecule has 0 unspecified atom stereocenters. The van der Waals surface area contributed by atoms with E-state index in [0.717, 1.165) is 30.8 Å². The number of hydrogen-bond acceptors (Lipinski definition) is 6. The van der Waals surface area contributed by atoms with Crippen LogP contribution in [0.3, 0.4) is 0 Å². The molecular weight excluding hydrogens is 264 g/mol. The van der Waals surface area contributed by atoms with Crippen molar-refractivity contribution >= 4 is 11.9 Å². The highest BCUT2D eigenvalue weighted by Gasteiger charge is 2.12. The fraction of sp³-hybridized carbons (Fsp3) is 0.467. The monoisotopic (exact) mass is 286 g/mol. The van der Waals surface area contributed by atoms with Crippen LogP contribution >= 0.6 is 0 Å². The van der Waals surface area contributed by atoms with E-state index in [0.29, 0.717) is 17.7 Å². The van der Waals surface area contributed by atoms with Gasteiger partial charge >= 0.3 is 0 Å². The van der Waals surface area contributed by atoms with Crippen LogP contribution in [0, 0.1) is 6.92 Å². The van der Waals surface area contributed by atoms with Gasteiger partial charge in [-0.25, -0.2) is 0 Å². The lowest BCUT2D eigenvalue weighted by Crippen LogP contribution is -2.25. The predicted molar refractivity (Wildman–Crippen MR) is 85.5 cm³/mol. The van der Waals surface area contributed by atoms with Gasteiger partial charge in [-0.05, 0) is 39.3 Å². The highest BCUT2D eigenvalue weighted by Crippen LogP contribution is 2.19. The van der Waals surface area contributed by atoms with E-state index in [2.05, 4.69) is 44.0 Å². The minimum absolute atomic E-state index is 0.603. The van der Waals surface area contributed by atoms with E-state index in [4.69, 9.17) is 0 Å². The van der Waals surface area contributed by atoms with Crippen LogP contribution in [-0.2, 0) is 0 Å². The van der Waals surface area contributed by atoms with E-state index in [-0.39, 0.29) is 0 Å². The molecule has 6 heteroatoms. The van der Waals surface area contributed by atoms with Gasteiger partial charge in [0.2, 0.25) is 11.9 Å². The van der Waals surface area contributed by atoms with Crippen LogP contribution in [0.1, 0.15) is 26.3 Å². The van der Waals surface area contributed by atoms with Crippen molar-refractivity contribution in [2.75, 3.05) is 29.9 Å². The fourth-order valence-corrected chi connectivity index (χ4v) is 2.06. The lowest BCUT2D eigenvalue weighted by molar-refractivity contribution is 0.813. The zero-order valence-electron chi connectivity index (χ0n) is 13.1. The van der Waals surface area contributed by atoms with Crippen LogP contribution in [0.4, 0.5) is 11.9 Å². The first kappa shape index (κ1) is 15.2. The van der Waals surface area contributed by atoms with Crippen LogP contribution in [-0.4, -0.2) is 39.6 Å². The molecule has 0 spiro atoms. The predicted octanol–water partition coefficient (Wildman–Crippen LogP) is 2.52. The van der Waals surface area contributed by atoms with Gasteiger partial charge in [0.15, 0.2) is 5.82 Å². The van der Waals surface area contributed by atoms with Crippen LogP contribution in [0.5, 0.6) is 0 Å². The van der Waals surface area contributed by atoms with E-state index in [1.54, 1.807) is 6.20 Å². The highest BCUT2D eigenvalue weighted by atomic mass is 15.3. The Bertz CT molecular complexity index is 594. The van der Waals surface area contributed by atoms with Gasteiger partial charge in [-0.1, -0.05) is 0 Å². The van der Waals surface area contributed by atoms with Crippen molar-refractivity contribution < 1.29 is 0 Å². The number of nitrogens with zero attached hydrogens (tertiary/aromatic N) is 5. The molecule has 2 aromatic heterocycles. The molecule has 0 aliphatic heterocycles. The average Bonchev–Trinajstić information content (AvgIpc) is 2.49. The average molecular weight is 286 g/mol. The van der Waals surface area contributed by atoms with Crippen LogP contribution in [0.15, 0.2) is 18.5 Å². The number of aromatic nitrogens is 4. The second kappa shape index (κ2) is 6.97. The Morgan fingerprint density at radius 1 is 1.05 bits per heavy atom. The van der Waals surface area contributed by atoms with E-state index in [1.807, 2.05) is 26.1 Å². The third-order valence-corrected chi connectivity index (χ3v) is 3.14. The van der Waals surface area contributed by atoms with Crippen molar-refractivity contribution in [1.29, 1.82) is 0 Å². The van der Waals surface area contributed by atoms with E-state index in [1.165, 1.54) is 0 Å². The molecule has 21 heavy (non-hydrogen) atoms. The Morgan fingerprint density at radius 2 is 1.81 bits per heavy atom. The number of nitrogens with one attached hydrogen (secondary N) is 1. The summed E-state index contributed by atoms with van der Waals surface area (Å²) in [7, 11) is 0. The van der Waals surface area contributed by atoms with Crippen molar-refractivity contribution in [3.8, 4) is 11.4 Å². The summed E-state index contributed by atoms with van der Waals surface area (Å²) in [6.07, 6.45) is 3.60. The Labute approximate surface area is 125 Å².